The zero-order valence-corrected chi connectivity index (χ0v) is 12.6. The van der Waals surface area contributed by atoms with Crippen LogP contribution in [0.15, 0.2) is 48.5 Å². The molecule has 114 valence electrons. The molecule has 0 unspecified atom stereocenters. The molecule has 0 N–H and O–H groups in total. The number of carbonyl (C=O) groups excluding carboxylic acids is 1. The van der Waals surface area contributed by atoms with Crippen molar-refractivity contribution in [3.63, 3.8) is 0 Å². The van der Waals surface area contributed by atoms with E-state index in [1.807, 2.05) is 6.07 Å². The summed E-state index contributed by atoms with van der Waals surface area (Å²) in [4.78, 5) is 11.1. The molecule has 2 aromatic rings. The van der Waals surface area contributed by atoms with Crippen LogP contribution in [0.3, 0.4) is 0 Å². The lowest BCUT2D eigenvalue weighted by Gasteiger charge is -2.08. The molecule has 0 radical (unpaired) electrons. The average molecular weight is 321 g/mol. The lowest BCUT2D eigenvalue weighted by atomic mass is 10.2. The van der Waals surface area contributed by atoms with Crippen molar-refractivity contribution in [1.29, 1.82) is 0 Å². The summed E-state index contributed by atoms with van der Waals surface area (Å²) in [6.07, 6.45) is 2.96. The summed E-state index contributed by atoms with van der Waals surface area (Å²) in [6.45, 7) is 0.225. The predicted octanol–water partition coefficient (Wildman–Crippen LogP) is 4.24. The van der Waals surface area contributed by atoms with Crippen LogP contribution < -0.4 is 4.74 Å². The molecule has 2 aromatic carbocycles. The van der Waals surface area contributed by atoms with Crippen molar-refractivity contribution >= 4 is 23.6 Å². The normalized spacial score (nSPS) is 10.7. The van der Waals surface area contributed by atoms with E-state index in [1.54, 1.807) is 30.3 Å². The van der Waals surface area contributed by atoms with Crippen LogP contribution in [-0.2, 0) is 16.1 Å². The Hall–Kier alpha value is -2.33. The van der Waals surface area contributed by atoms with E-state index in [0.717, 1.165) is 5.56 Å². The van der Waals surface area contributed by atoms with Crippen molar-refractivity contribution in [2.24, 2.45) is 0 Å². The topological polar surface area (TPSA) is 35.5 Å². The molecular weight excluding hydrogens is 307 g/mol. The number of esters is 1. The number of ether oxygens (including phenoxy) is 2. The molecule has 0 aliphatic rings. The molecule has 0 fully saturated rings. The van der Waals surface area contributed by atoms with Gasteiger partial charge in [-0.05, 0) is 35.9 Å². The molecule has 0 bridgehead atoms. The van der Waals surface area contributed by atoms with Crippen molar-refractivity contribution in [2.75, 3.05) is 7.11 Å². The molecule has 22 heavy (non-hydrogen) atoms. The van der Waals surface area contributed by atoms with E-state index in [4.69, 9.17) is 16.3 Å². The van der Waals surface area contributed by atoms with Gasteiger partial charge in [0.2, 0.25) is 0 Å². The summed E-state index contributed by atoms with van der Waals surface area (Å²) in [5, 5.41) is 0.321. The quantitative estimate of drug-likeness (QED) is 0.610. The fraction of sp³-hybridized carbons (Fsp3) is 0.118. The minimum Gasteiger partial charge on any atom is -0.489 e. The molecule has 0 aliphatic heterocycles. The summed E-state index contributed by atoms with van der Waals surface area (Å²) >= 11 is 5.95. The van der Waals surface area contributed by atoms with E-state index in [9.17, 15) is 9.18 Å². The Labute approximate surface area is 132 Å². The second-order valence-electron chi connectivity index (χ2n) is 4.45. The third kappa shape index (κ3) is 4.60. The summed E-state index contributed by atoms with van der Waals surface area (Å²) in [6, 6.07) is 11.4. The van der Waals surface area contributed by atoms with Crippen molar-refractivity contribution in [3.8, 4) is 5.75 Å². The molecule has 0 atom stereocenters. The van der Waals surface area contributed by atoms with Gasteiger partial charge in [0, 0.05) is 11.6 Å². The van der Waals surface area contributed by atoms with Crippen LogP contribution >= 0.6 is 11.6 Å². The number of benzene rings is 2. The lowest BCUT2D eigenvalue weighted by Crippen LogP contribution is -1.97. The smallest absolute Gasteiger partial charge is 0.330 e. The maximum atomic E-state index is 13.0. The summed E-state index contributed by atoms with van der Waals surface area (Å²) in [7, 11) is 1.32. The van der Waals surface area contributed by atoms with Gasteiger partial charge in [0.1, 0.15) is 18.2 Å². The van der Waals surface area contributed by atoms with Crippen LogP contribution in [0.5, 0.6) is 5.75 Å². The Kier molecular flexibility index (Phi) is 5.55. The maximum Gasteiger partial charge on any atom is 0.330 e. The van der Waals surface area contributed by atoms with Gasteiger partial charge in [-0.2, -0.15) is 0 Å². The molecule has 5 heteroatoms. The average Bonchev–Trinajstić information content (AvgIpc) is 2.52. The summed E-state index contributed by atoms with van der Waals surface area (Å²) in [5.41, 5.74) is 1.49. The van der Waals surface area contributed by atoms with Crippen molar-refractivity contribution < 1.29 is 18.7 Å². The molecule has 0 heterocycles. The number of halogens is 2. The third-order valence-corrected chi connectivity index (χ3v) is 3.23. The first kappa shape index (κ1) is 16.0. The lowest BCUT2D eigenvalue weighted by molar-refractivity contribution is -0.134. The van der Waals surface area contributed by atoms with Gasteiger partial charge in [0.05, 0.1) is 12.1 Å². The number of methoxy groups -OCH3 is 1. The van der Waals surface area contributed by atoms with Crippen molar-refractivity contribution in [1.82, 2.24) is 0 Å². The Morgan fingerprint density at radius 2 is 2.09 bits per heavy atom. The molecule has 0 spiro atoms. The van der Waals surface area contributed by atoms with E-state index in [0.29, 0.717) is 16.3 Å². The Morgan fingerprint density at radius 3 is 2.82 bits per heavy atom. The van der Waals surface area contributed by atoms with Crippen LogP contribution in [0.1, 0.15) is 11.1 Å². The Bertz CT molecular complexity index is 698. The zero-order valence-electron chi connectivity index (χ0n) is 11.9. The van der Waals surface area contributed by atoms with Crippen LogP contribution in [0, 0.1) is 5.82 Å². The molecule has 0 saturated carbocycles. The molecule has 0 amide bonds. The van der Waals surface area contributed by atoms with Gasteiger partial charge >= 0.3 is 5.97 Å². The first-order valence-corrected chi connectivity index (χ1v) is 6.89. The number of hydrogen-bond donors (Lipinski definition) is 0. The highest BCUT2D eigenvalue weighted by atomic mass is 35.5. The standard InChI is InChI=1S/C17H14ClFO3/c1-21-17(20)8-5-12-3-2-4-15(9-12)22-11-13-6-7-14(19)10-16(13)18/h2-10H,11H2,1H3/b8-5+. The van der Waals surface area contributed by atoms with E-state index >= 15 is 0 Å². The summed E-state index contributed by atoms with van der Waals surface area (Å²) < 4.78 is 23.1. The molecule has 0 aromatic heterocycles. The highest BCUT2D eigenvalue weighted by molar-refractivity contribution is 6.31. The molecular formula is C17H14ClFO3. The van der Waals surface area contributed by atoms with Crippen LogP contribution in [0.25, 0.3) is 6.08 Å². The largest absolute Gasteiger partial charge is 0.489 e. The fourth-order valence-electron chi connectivity index (χ4n) is 1.74. The van der Waals surface area contributed by atoms with Gasteiger partial charge in [-0.15, -0.1) is 0 Å². The van der Waals surface area contributed by atoms with Crippen LogP contribution in [0.4, 0.5) is 4.39 Å². The zero-order chi connectivity index (χ0) is 15.9. The fourth-order valence-corrected chi connectivity index (χ4v) is 1.96. The van der Waals surface area contributed by atoms with E-state index in [2.05, 4.69) is 4.74 Å². The third-order valence-electron chi connectivity index (χ3n) is 2.88. The number of hydrogen-bond acceptors (Lipinski definition) is 3. The number of carbonyl (C=O) groups is 1. The molecule has 0 aliphatic carbocycles. The minimum absolute atomic E-state index is 0.225. The maximum absolute atomic E-state index is 13.0. The van der Waals surface area contributed by atoms with E-state index in [-0.39, 0.29) is 12.4 Å². The predicted molar refractivity (Wildman–Crippen MR) is 83.2 cm³/mol. The second-order valence-corrected chi connectivity index (χ2v) is 4.86. The Morgan fingerprint density at radius 1 is 1.27 bits per heavy atom. The first-order chi connectivity index (χ1) is 10.6. The van der Waals surface area contributed by atoms with Crippen molar-refractivity contribution in [2.45, 2.75) is 6.61 Å². The van der Waals surface area contributed by atoms with Gasteiger partial charge in [0.25, 0.3) is 0 Å². The summed E-state index contributed by atoms with van der Waals surface area (Å²) in [5.74, 6) is -0.194. The van der Waals surface area contributed by atoms with Crippen molar-refractivity contribution in [3.05, 3.63) is 70.5 Å². The van der Waals surface area contributed by atoms with Gasteiger partial charge in [-0.25, -0.2) is 9.18 Å². The van der Waals surface area contributed by atoms with Crippen LogP contribution in [-0.4, -0.2) is 13.1 Å². The van der Waals surface area contributed by atoms with Gasteiger partial charge in [-0.1, -0.05) is 29.8 Å². The molecule has 3 nitrogen and oxygen atoms in total. The SMILES string of the molecule is COC(=O)/C=C/c1cccc(OCc2ccc(F)cc2Cl)c1. The highest BCUT2D eigenvalue weighted by Crippen LogP contribution is 2.21. The van der Waals surface area contributed by atoms with Gasteiger partial charge in [-0.3, -0.25) is 0 Å². The first-order valence-electron chi connectivity index (χ1n) is 6.51. The van der Waals surface area contributed by atoms with Gasteiger partial charge < -0.3 is 9.47 Å². The Balaban J connectivity index is 2.04. The molecule has 2 rings (SSSR count). The number of rotatable bonds is 5. The van der Waals surface area contributed by atoms with E-state index < -0.39 is 5.97 Å². The van der Waals surface area contributed by atoms with E-state index in [1.165, 1.54) is 25.3 Å². The monoisotopic (exact) mass is 320 g/mol. The second kappa shape index (κ2) is 7.61. The van der Waals surface area contributed by atoms with Gasteiger partial charge in [0.15, 0.2) is 0 Å². The highest BCUT2D eigenvalue weighted by Gasteiger charge is 2.03. The molecule has 0 saturated heterocycles. The van der Waals surface area contributed by atoms with Crippen LogP contribution in [0.2, 0.25) is 5.02 Å². The minimum atomic E-state index is -0.426.